The van der Waals surface area contributed by atoms with E-state index in [0.29, 0.717) is 40.3 Å². The zero-order valence-electron chi connectivity index (χ0n) is 25.2. The van der Waals surface area contributed by atoms with Crippen LogP contribution in [-0.2, 0) is 11.8 Å². The zero-order valence-corrected chi connectivity index (χ0v) is 26.0. The number of pyridine rings is 2. The lowest BCUT2D eigenvalue weighted by Crippen LogP contribution is -2.44. The van der Waals surface area contributed by atoms with Crippen molar-refractivity contribution < 1.29 is 4.74 Å². The second-order valence-electron chi connectivity index (χ2n) is 12.1. The minimum absolute atomic E-state index is 0.0159. The number of aryl methyl sites for hydroxylation is 1. The van der Waals surface area contributed by atoms with E-state index < -0.39 is 6.04 Å². The van der Waals surface area contributed by atoms with Crippen LogP contribution >= 0.6 is 11.6 Å². The van der Waals surface area contributed by atoms with Crippen molar-refractivity contribution in [3.63, 3.8) is 0 Å². The second-order valence-corrected chi connectivity index (χ2v) is 12.5. The molecule has 224 valence electrons. The van der Waals surface area contributed by atoms with Gasteiger partial charge in [-0.3, -0.25) is 14.8 Å². The van der Waals surface area contributed by atoms with Crippen LogP contribution in [-0.4, -0.2) is 40.9 Å². The number of rotatable bonds is 9. The number of fused-ring (bicyclic) bond motifs is 2. The monoisotopic (exact) mass is 600 g/mol. The summed E-state index contributed by atoms with van der Waals surface area (Å²) in [6.45, 7) is 9.62. The van der Waals surface area contributed by atoms with Crippen LogP contribution in [0.3, 0.4) is 0 Å². The molecule has 0 spiro atoms. The van der Waals surface area contributed by atoms with Gasteiger partial charge in [-0.15, -0.1) is 5.53 Å². The summed E-state index contributed by atoms with van der Waals surface area (Å²) >= 11 is 6.82. The van der Waals surface area contributed by atoms with Crippen LogP contribution in [0, 0.1) is 16.7 Å². The minimum Gasteiger partial charge on any atom is -0.383 e. The number of nitrogens with one attached hydrogen (secondary N) is 4. The molecule has 0 fully saturated rings. The molecule has 0 saturated carbocycles. The average molecular weight is 601 g/mol. The summed E-state index contributed by atoms with van der Waals surface area (Å²) in [7, 11) is 3.42. The Balaban J connectivity index is 1.65. The molecule has 0 bridgehead atoms. The van der Waals surface area contributed by atoms with Crippen LogP contribution in [0.1, 0.15) is 44.9 Å². The minimum atomic E-state index is -0.408. The Bertz CT molecular complexity index is 1800. The number of methoxy groups -OCH3 is 1. The maximum Gasteiger partial charge on any atom is 0.258 e. The molecule has 0 amide bonds. The van der Waals surface area contributed by atoms with Crippen LogP contribution < -0.4 is 27.2 Å². The molecule has 2 aromatic carbocycles. The van der Waals surface area contributed by atoms with Gasteiger partial charge in [-0.05, 0) is 47.6 Å². The van der Waals surface area contributed by atoms with E-state index in [9.17, 15) is 10.1 Å². The molecule has 1 aliphatic rings. The predicted molar refractivity (Wildman–Crippen MR) is 172 cm³/mol. The fraction of sp³-hybridized carbons (Fsp3) is 0.344. The van der Waals surface area contributed by atoms with E-state index in [1.165, 1.54) is 0 Å². The summed E-state index contributed by atoms with van der Waals surface area (Å²) in [4.78, 5) is 17.5. The van der Waals surface area contributed by atoms with Crippen LogP contribution in [0.15, 0.2) is 65.5 Å². The lowest BCUT2D eigenvalue weighted by Gasteiger charge is -2.24. The average Bonchev–Trinajstić information content (AvgIpc) is 3.46. The van der Waals surface area contributed by atoms with Gasteiger partial charge in [0.1, 0.15) is 6.07 Å². The first-order valence-electron chi connectivity index (χ1n) is 14.1. The Morgan fingerprint density at radius 2 is 1.98 bits per heavy atom. The van der Waals surface area contributed by atoms with Gasteiger partial charge in [0.15, 0.2) is 0 Å². The molecule has 43 heavy (non-hydrogen) atoms. The Hall–Kier alpha value is -4.30. The van der Waals surface area contributed by atoms with Crippen LogP contribution in [0.2, 0.25) is 5.02 Å². The number of nitriles is 1. The first-order chi connectivity index (χ1) is 20.5. The quantitative estimate of drug-likeness (QED) is 0.199. The first-order valence-corrected chi connectivity index (χ1v) is 14.5. The van der Waals surface area contributed by atoms with Gasteiger partial charge >= 0.3 is 0 Å². The molecule has 3 heterocycles. The Morgan fingerprint density at radius 1 is 1.19 bits per heavy atom. The molecule has 0 saturated heterocycles. The first kappa shape index (κ1) is 30.2. The van der Waals surface area contributed by atoms with Gasteiger partial charge in [-0.2, -0.15) is 5.26 Å². The number of nitrogens with zero attached hydrogens (tertiary/aromatic N) is 4. The molecular weight excluding hydrogens is 564 g/mol. The van der Waals surface area contributed by atoms with Crippen molar-refractivity contribution in [3.05, 3.63) is 87.2 Å². The second kappa shape index (κ2) is 12.1. The van der Waals surface area contributed by atoms with Crippen molar-refractivity contribution in [2.75, 3.05) is 30.9 Å². The number of halogens is 1. The molecule has 4 aromatic rings. The van der Waals surface area contributed by atoms with Gasteiger partial charge in [-0.1, -0.05) is 44.5 Å². The van der Waals surface area contributed by atoms with E-state index >= 15 is 0 Å². The van der Waals surface area contributed by atoms with Crippen molar-refractivity contribution in [1.82, 2.24) is 25.5 Å². The maximum absolute atomic E-state index is 13.0. The summed E-state index contributed by atoms with van der Waals surface area (Å²) in [6, 6.07) is 13.4. The van der Waals surface area contributed by atoms with Gasteiger partial charge in [0, 0.05) is 55.8 Å². The zero-order chi connectivity index (χ0) is 30.9. The van der Waals surface area contributed by atoms with E-state index in [4.69, 9.17) is 16.3 Å². The third kappa shape index (κ3) is 6.25. The lowest BCUT2D eigenvalue weighted by molar-refractivity contribution is 0.0999. The topological polar surface area (TPSA) is 119 Å². The van der Waals surface area contributed by atoms with E-state index in [2.05, 4.69) is 60.3 Å². The van der Waals surface area contributed by atoms with E-state index in [-0.39, 0.29) is 17.0 Å². The van der Waals surface area contributed by atoms with Crippen molar-refractivity contribution in [3.8, 4) is 6.07 Å². The fourth-order valence-electron chi connectivity index (χ4n) is 5.16. The highest BCUT2D eigenvalue weighted by Crippen LogP contribution is 2.37. The molecule has 1 aliphatic heterocycles. The van der Waals surface area contributed by atoms with Gasteiger partial charge in [-0.25, -0.2) is 0 Å². The normalized spacial score (nSPS) is 14.7. The number of hydrogen-bond donors (Lipinski definition) is 4. The molecule has 2 atom stereocenters. The summed E-state index contributed by atoms with van der Waals surface area (Å²) in [5.74, 6) is 0. The molecule has 11 heteroatoms. The van der Waals surface area contributed by atoms with E-state index in [0.717, 1.165) is 27.7 Å². The maximum atomic E-state index is 13.0. The van der Waals surface area contributed by atoms with Gasteiger partial charge in [0.25, 0.3) is 5.56 Å². The number of aromatic nitrogens is 2. The lowest BCUT2D eigenvalue weighted by atomic mass is 9.96. The Kier molecular flexibility index (Phi) is 8.51. The van der Waals surface area contributed by atoms with Crippen molar-refractivity contribution in [2.24, 2.45) is 12.5 Å². The molecule has 0 radical (unpaired) electrons. The number of ether oxygens (including phenoxy) is 1. The molecule has 5 rings (SSSR count). The van der Waals surface area contributed by atoms with Crippen molar-refractivity contribution in [2.45, 2.75) is 39.8 Å². The van der Waals surface area contributed by atoms with Gasteiger partial charge in [0.2, 0.25) is 0 Å². The predicted octanol–water partition coefficient (Wildman–Crippen LogP) is 5.42. The van der Waals surface area contributed by atoms with Crippen molar-refractivity contribution in [1.29, 1.82) is 5.26 Å². The van der Waals surface area contributed by atoms with Gasteiger partial charge < -0.3 is 25.4 Å². The van der Waals surface area contributed by atoms with Crippen LogP contribution in [0.25, 0.3) is 21.7 Å². The molecule has 0 aliphatic carbocycles. The van der Waals surface area contributed by atoms with Crippen molar-refractivity contribution >= 4 is 44.7 Å². The summed E-state index contributed by atoms with van der Waals surface area (Å²) < 4.78 is 6.93. The molecular formula is C32H37ClN8O2. The van der Waals surface area contributed by atoms with Crippen LogP contribution in [0.5, 0.6) is 0 Å². The highest BCUT2D eigenvalue weighted by molar-refractivity contribution is 6.35. The van der Waals surface area contributed by atoms with Gasteiger partial charge in [0.05, 0.1) is 46.2 Å². The summed E-state index contributed by atoms with van der Waals surface area (Å²) in [5, 5.41) is 21.6. The number of benzene rings is 2. The van der Waals surface area contributed by atoms with E-state index in [1.54, 1.807) is 31.1 Å². The fourth-order valence-corrected chi connectivity index (χ4v) is 5.43. The number of anilines is 2. The molecule has 2 aromatic heterocycles. The summed E-state index contributed by atoms with van der Waals surface area (Å²) in [5.41, 5.74) is 10.6. The van der Waals surface area contributed by atoms with Crippen LogP contribution in [0.4, 0.5) is 11.4 Å². The molecule has 10 nitrogen and oxygen atoms in total. The molecule has 4 N–H and O–H groups in total. The highest BCUT2D eigenvalue weighted by atomic mass is 35.5. The molecule has 1 unspecified atom stereocenters. The SMILES string of the molecule is COCC(C)N1C=C([C@@H](Nc2cc(Cl)c3ncc(C#N)c(NCC(C)(C)C)c3c2)c2cccc3c(=O)n(C)ccc23)NN1. The number of hydrazine groups is 2. The third-order valence-electron chi connectivity index (χ3n) is 7.42. The Morgan fingerprint density at radius 3 is 2.70 bits per heavy atom. The largest absolute Gasteiger partial charge is 0.383 e. The smallest absolute Gasteiger partial charge is 0.258 e. The highest BCUT2D eigenvalue weighted by Gasteiger charge is 2.27. The number of hydrogen-bond acceptors (Lipinski definition) is 9. The standard InChI is InChI=1S/C32H37ClN8O2/c1-19(17-43-6)41-16-27(38-39-41)30(23-8-7-9-24-22(23)10-11-40(5)31(24)42)37-21-12-25-28(36-18-32(2,3)4)20(14-34)15-35-29(25)26(33)13-21/h7-13,15-16,19,30,37-39H,17-18H2,1-6H3,(H,35,36)/t19?,30-/m0/s1. The third-order valence-corrected chi connectivity index (χ3v) is 7.71. The van der Waals surface area contributed by atoms with E-state index in [1.807, 2.05) is 47.6 Å². The Labute approximate surface area is 256 Å². The summed E-state index contributed by atoms with van der Waals surface area (Å²) in [6.07, 6.45) is 5.33.